The molecule has 2 amide bonds. The predicted molar refractivity (Wildman–Crippen MR) is 108 cm³/mol. The lowest BCUT2D eigenvalue weighted by molar-refractivity contribution is -0.129. The zero-order chi connectivity index (χ0) is 20.3. The van der Waals surface area contributed by atoms with Gasteiger partial charge in [-0.25, -0.2) is 8.42 Å². The Balaban J connectivity index is 1.65. The minimum atomic E-state index is -4.10. The lowest BCUT2D eigenvalue weighted by atomic mass is 10.2. The van der Waals surface area contributed by atoms with Gasteiger partial charge in [0.15, 0.2) is 0 Å². The number of amides is 2. The van der Waals surface area contributed by atoms with Crippen molar-refractivity contribution in [2.45, 2.75) is 18.7 Å². The molecule has 0 unspecified atom stereocenters. The highest BCUT2D eigenvalue weighted by Gasteiger charge is 2.25. The molecule has 1 N–H and O–H groups in total. The molecule has 1 aliphatic rings. The van der Waals surface area contributed by atoms with E-state index in [2.05, 4.69) is 10.2 Å². The number of sulfone groups is 1. The van der Waals surface area contributed by atoms with Gasteiger partial charge in [-0.15, -0.1) is 0 Å². The molecule has 0 aromatic heterocycles. The van der Waals surface area contributed by atoms with E-state index in [0.29, 0.717) is 18.8 Å². The second-order valence-corrected chi connectivity index (χ2v) is 8.62. The molecule has 7 nitrogen and oxygen atoms in total. The molecule has 148 valence electrons. The molecular weight excluding hydrogens is 378 g/mol. The number of carbonyl (C=O) groups is 2. The molecule has 1 fully saturated rings. The van der Waals surface area contributed by atoms with E-state index in [4.69, 9.17) is 0 Å². The lowest BCUT2D eigenvalue weighted by Gasteiger charge is -2.35. The number of anilines is 2. The van der Waals surface area contributed by atoms with E-state index >= 15 is 0 Å². The number of rotatable bonds is 3. The molecule has 1 heterocycles. The molecule has 0 spiro atoms. The van der Waals surface area contributed by atoms with Crippen LogP contribution < -0.4 is 10.2 Å². The van der Waals surface area contributed by atoms with Gasteiger partial charge in [0.05, 0.1) is 4.90 Å². The summed E-state index contributed by atoms with van der Waals surface area (Å²) in [6.07, 6.45) is 0. The van der Waals surface area contributed by atoms with E-state index in [1.54, 1.807) is 36.1 Å². The van der Waals surface area contributed by atoms with Gasteiger partial charge in [-0.1, -0.05) is 17.7 Å². The van der Waals surface area contributed by atoms with Crippen molar-refractivity contribution in [2.24, 2.45) is 0 Å². The van der Waals surface area contributed by atoms with Gasteiger partial charge < -0.3 is 15.1 Å². The van der Waals surface area contributed by atoms with Crippen molar-refractivity contribution in [1.29, 1.82) is 0 Å². The molecule has 2 aromatic carbocycles. The van der Waals surface area contributed by atoms with Crippen LogP contribution in [0.2, 0.25) is 0 Å². The summed E-state index contributed by atoms with van der Waals surface area (Å²) < 4.78 is 24.8. The van der Waals surface area contributed by atoms with Crippen molar-refractivity contribution in [3.8, 4) is 0 Å². The molecule has 2 aromatic rings. The summed E-state index contributed by atoms with van der Waals surface area (Å²) in [7, 11) is -4.10. The summed E-state index contributed by atoms with van der Waals surface area (Å²) in [5, 5.41) is 1.39. The van der Waals surface area contributed by atoms with Crippen molar-refractivity contribution in [1.82, 2.24) is 4.90 Å². The number of aryl methyl sites for hydroxylation is 1. The van der Waals surface area contributed by atoms with Gasteiger partial charge in [0.1, 0.15) is 0 Å². The highest BCUT2D eigenvalue weighted by atomic mass is 32.2. The van der Waals surface area contributed by atoms with Crippen LogP contribution in [0.25, 0.3) is 0 Å². The minimum absolute atomic E-state index is 0.0319. The molecule has 1 saturated heterocycles. The number of nitrogens with one attached hydrogen (secondary N) is 1. The predicted octanol–water partition coefficient (Wildman–Crippen LogP) is 2.67. The van der Waals surface area contributed by atoms with Gasteiger partial charge in [0.2, 0.25) is 5.91 Å². The first-order chi connectivity index (χ1) is 13.3. The van der Waals surface area contributed by atoms with Crippen LogP contribution in [0.5, 0.6) is 0 Å². The zero-order valence-electron chi connectivity index (χ0n) is 15.9. The van der Waals surface area contributed by atoms with Gasteiger partial charge in [0.25, 0.3) is 9.84 Å². The summed E-state index contributed by atoms with van der Waals surface area (Å²) >= 11 is 0. The third kappa shape index (κ3) is 4.33. The number of benzene rings is 2. The van der Waals surface area contributed by atoms with E-state index in [-0.39, 0.29) is 10.8 Å². The maximum Gasteiger partial charge on any atom is 0.345 e. The van der Waals surface area contributed by atoms with Gasteiger partial charge in [-0.3, -0.25) is 9.59 Å². The third-order valence-electron chi connectivity index (χ3n) is 4.78. The number of carbonyl (C=O) groups excluding carboxylic acids is 2. The molecule has 0 aliphatic carbocycles. The second kappa shape index (κ2) is 8.02. The molecule has 8 heteroatoms. The second-order valence-electron chi connectivity index (χ2n) is 6.77. The molecule has 0 bridgehead atoms. The quantitative estimate of drug-likeness (QED) is 0.854. The Labute approximate surface area is 164 Å². The van der Waals surface area contributed by atoms with Crippen LogP contribution in [0.3, 0.4) is 0 Å². The molecule has 0 atom stereocenters. The first kappa shape index (κ1) is 19.9. The van der Waals surface area contributed by atoms with Gasteiger partial charge in [-0.05, 0) is 43.3 Å². The average molecular weight is 401 g/mol. The first-order valence-electron chi connectivity index (χ1n) is 9.00. The Hall–Kier alpha value is -2.87. The maximum absolute atomic E-state index is 12.4. The van der Waals surface area contributed by atoms with E-state index in [0.717, 1.165) is 24.3 Å². The molecule has 0 saturated carbocycles. The first-order valence-corrected chi connectivity index (χ1v) is 10.5. The molecular formula is C20H23N3O4S. The molecule has 3 rings (SSSR count). The van der Waals surface area contributed by atoms with Crippen LogP contribution >= 0.6 is 0 Å². The highest BCUT2D eigenvalue weighted by Crippen LogP contribution is 2.21. The topological polar surface area (TPSA) is 86.8 Å². The lowest BCUT2D eigenvalue weighted by Crippen LogP contribution is -2.48. The number of hydrogen-bond acceptors (Lipinski definition) is 5. The van der Waals surface area contributed by atoms with Crippen LogP contribution in [0.1, 0.15) is 12.5 Å². The Kier molecular flexibility index (Phi) is 5.69. The Morgan fingerprint density at radius 2 is 1.46 bits per heavy atom. The molecule has 28 heavy (non-hydrogen) atoms. The fourth-order valence-electron chi connectivity index (χ4n) is 3.04. The minimum Gasteiger partial charge on any atom is -0.368 e. The largest absolute Gasteiger partial charge is 0.368 e. The summed E-state index contributed by atoms with van der Waals surface area (Å²) in [4.78, 5) is 27.6. The Morgan fingerprint density at radius 1 is 0.893 bits per heavy atom. The molecule has 0 radical (unpaired) electrons. The standard InChI is InChI=1S/C20H23N3O4S/c1-15-3-9-19(10-4-15)28(26,27)20(25)21-17-5-7-18(8-6-17)23-13-11-22(12-14-23)16(2)24/h3-10H,11-14H2,1-2H3,(H,21,25). The smallest absolute Gasteiger partial charge is 0.345 e. The fraction of sp³-hybridized carbons (Fsp3) is 0.300. The van der Waals surface area contributed by atoms with Crippen LogP contribution in [-0.2, 0) is 14.6 Å². The fourth-order valence-corrected chi connectivity index (χ4v) is 4.01. The summed E-state index contributed by atoms with van der Waals surface area (Å²) in [6, 6.07) is 13.2. The van der Waals surface area contributed by atoms with Gasteiger partial charge >= 0.3 is 5.24 Å². The van der Waals surface area contributed by atoms with Crippen molar-refractivity contribution >= 4 is 32.4 Å². The Bertz CT molecular complexity index is 962. The van der Waals surface area contributed by atoms with E-state index in [1.165, 1.54) is 12.1 Å². The van der Waals surface area contributed by atoms with Crippen molar-refractivity contribution in [3.63, 3.8) is 0 Å². The van der Waals surface area contributed by atoms with Crippen LogP contribution in [0.15, 0.2) is 53.4 Å². The number of hydrogen-bond donors (Lipinski definition) is 1. The van der Waals surface area contributed by atoms with Gasteiger partial charge in [0, 0.05) is 44.5 Å². The average Bonchev–Trinajstić information content (AvgIpc) is 2.69. The maximum atomic E-state index is 12.4. The monoisotopic (exact) mass is 401 g/mol. The van der Waals surface area contributed by atoms with E-state index in [1.807, 2.05) is 19.1 Å². The van der Waals surface area contributed by atoms with Crippen LogP contribution in [0.4, 0.5) is 16.2 Å². The van der Waals surface area contributed by atoms with Crippen LogP contribution in [0, 0.1) is 6.92 Å². The number of nitrogens with zero attached hydrogens (tertiary/aromatic N) is 2. The van der Waals surface area contributed by atoms with Crippen molar-refractivity contribution in [3.05, 3.63) is 54.1 Å². The zero-order valence-corrected chi connectivity index (χ0v) is 16.7. The van der Waals surface area contributed by atoms with Crippen molar-refractivity contribution in [2.75, 3.05) is 36.4 Å². The highest BCUT2D eigenvalue weighted by molar-refractivity contribution is 8.06. The third-order valence-corrected chi connectivity index (χ3v) is 6.26. The Morgan fingerprint density at radius 3 is 2.00 bits per heavy atom. The van der Waals surface area contributed by atoms with Crippen molar-refractivity contribution < 1.29 is 18.0 Å². The summed E-state index contributed by atoms with van der Waals surface area (Å²) in [6.45, 7) is 6.21. The van der Waals surface area contributed by atoms with E-state index in [9.17, 15) is 18.0 Å². The SMILES string of the molecule is CC(=O)N1CCN(c2ccc(NC(=O)S(=O)(=O)c3ccc(C)cc3)cc2)CC1. The van der Waals surface area contributed by atoms with Crippen LogP contribution in [-0.4, -0.2) is 50.6 Å². The number of piperazine rings is 1. The normalized spacial score (nSPS) is 14.6. The van der Waals surface area contributed by atoms with E-state index < -0.39 is 15.1 Å². The summed E-state index contributed by atoms with van der Waals surface area (Å²) in [5.41, 5.74) is 2.29. The van der Waals surface area contributed by atoms with Gasteiger partial charge in [-0.2, -0.15) is 0 Å². The molecule has 1 aliphatic heterocycles. The summed E-state index contributed by atoms with van der Waals surface area (Å²) in [5.74, 6) is 0.0764.